The Kier molecular flexibility index (Phi) is 4.45. The minimum absolute atomic E-state index is 0.0230. The third kappa shape index (κ3) is 3.61. The number of rotatable bonds is 4. The predicted molar refractivity (Wildman–Crippen MR) is 85.3 cm³/mol. The van der Waals surface area contributed by atoms with Crippen molar-refractivity contribution < 1.29 is 9.21 Å². The molecule has 1 saturated heterocycles. The summed E-state index contributed by atoms with van der Waals surface area (Å²) in [5.41, 5.74) is 0.742. The van der Waals surface area contributed by atoms with Crippen molar-refractivity contribution in [1.82, 2.24) is 14.9 Å². The van der Waals surface area contributed by atoms with E-state index in [0.29, 0.717) is 18.8 Å². The molecule has 0 spiro atoms. The van der Waals surface area contributed by atoms with Gasteiger partial charge in [0.05, 0.1) is 18.9 Å². The number of hydrogen-bond acceptors (Lipinski definition) is 5. The standard InChI is InChI=1S/C16H20N4O3/c1-19-7-5-17-15(16(19)22)20-6-2-3-13(10-20)18-14(21)9-12-4-8-23-11-12/h4-5,7-8,11,13H,2-3,6,9-10H2,1H3,(H,18,21)/t13-/m1/s1. The molecule has 122 valence electrons. The highest BCUT2D eigenvalue weighted by Gasteiger charge is 2.24. The Morgan fingerprint density at radius 2 is 2.39 bits per heavy atom. The van der Waals surface area contributed by atoms with Crippen LogP contribution in [0.15, 0.2) is 40.2 Å². The molecule has 23 heavy (non-hydrogen) atoms. The third-order valence-corrected chi connectivity index (χ3v) is 4.03. The number of nitrogens with zero attached hydrogens (tertiary/aromatic N) is 3. The van der Waals surface area contributed by atoms with E-state index in [1.807, 2.05) is 4.90 Å². The Hall–Kier alpha value is -2.57. The van der Waals surface area contributed by atoms with Gasteiger partial charge in [0, 0.05) is 38.6 Å². The van der Waals surface area contributed by atoms with Crippen LogP contribution in [0.5, 0.6) is 0 Å². The second kappa shape index (κ2) is 6.68. The highest BCUT2D eigenvalue weighted by Crippen LogP contribution is 2.14. The monoisotopic (exact) mass is 316 g/mol. The normalized spacial score (nSPS) is 18.0. The lowest BCUT2D eigenvalue weighted by atomic mass is 10.1. The van der Waals surface area contributed by atoms with Gasteiger partial charge in [0.2, 0.25) is 5.91 Å². The highest BCUT2D eigenvalue weighted by molar-refractivity contribution is 5.78. The summed E-state index contributed by atoms with van der Waals surface area (Å²) in [6.45, 7) is 1.38. The molecule has 1 aliphatic rings. The van der Waals surface area contributed by atoms with Crippen molar-refractivity contribution in [2.45, 2.75) is 25.3 Å². The average Bonchev–Trinajstić information content (AvgIpc) is 3.03. The number of hydrogen-bond donors (Lipinski definition) is 1. The number of nitrogens with one attached hydrogen (secondary N) is 1. The van der Waals surface area contributed by atoms with Gasteiger partial charge in [0.15, 0.2) is 5.82 Å². The highest BCUT2D eigenvalue weighted by atomic mass is 16.3. The van der Waals surface area contributed by atoms with Crippen LogP contribution in [-0.2, 0) is 18.3 Å². The van der Waals surface area contributed by atoms with Crippen molar-refractivity contribution in [3.8, 4) is 0 Å². The quantitative estimate of drug-likeness (QED) is 0.898. The molecule has 3 heterocycles. The summed E-state index contributed by atoms with van der Waals surface area (Å²) >= 11 is 0. The summed E-state index contributed by atoms with van der Waals surface area (Å²) in [7, 11) is 1.71. The number of anilines is 1. The Morgan fingerprint density at radius 3 is 3.17 bits per heavy atom. The van der Waals surface area contributed by atoms with Gasteiger partial charge in [0.1, 0.15) is 0 Å². The molecule has 7 heteroatoms. The molecule has 0 bridgehead atoms. The Bertz CT molecular complexity index is 723. The van der Waals surface area contributed by atoms with E-state index in [1.165, 1.54) is 4.57 Å². The lowest BCUT2D eigenvalue weighted by Crippen LogP contribution is -2.49. The summed E-state index contributed by atoms with van der Waals surface area (Å²) < 4.78 is 6.49. The molecule has 1 fully saturated rings. The molecule has 1 N–H and O–H groups in total. The topological polar surface area (TPSA) is 80.4 Å². The largest absolute Gasteiger partial charge is 0.472 e. The zero-order valence-electron chi connectivity index (χ0n) is 13.1. The molecule has 0 saturated carbocycles. The molecule has 0 radical (unpaired) electrons. The molecule has 2 aromatic rings. The van der Waals surface area contributed by atoms with Gasteiger partial charge in [-0.3, -0.25) is 9.59 Å². The van der Waals surface area contributed by atoms with Crippen molar-refractivity contribution in [2.75, 3.05) is 18.0 Å². The summed E-state index contributed by atoms with van der Waals surface area (Å²) in [4.78, 5) is 30.4. The van der Waals surface area contributed by atoms with Crippen LogP contribution in [0.3, 0.4) is 0 Å². The number of amides is 1. The molecule has 3 rings (SSSR count). The average molecular weight is 316 g/mol. The molecule has 0 aromatic carbocycles. The van der Waals surface area contributed by atoms with E-state index in [0.717, 1.165) is 24.9 Å². The zero-order valence-corrected chi connectivity index (χ0v) is 13.1. The predicted octanol–water partition coefficient (Wildman–Crippen LogP) is 0.701. The smallest absolute Gasteiger partial charge is 0.293 e. The van der Waals surface area contributed by atoms with Gasteiger partial charge in [-0.2, -0.15) is 0 Å². The molecule has 2 aromatic heterocycles. The number of aromatic nitrogens is 2. The molecule has 1 amide bonds. The van der Waals surface area contributed by atoms with Crippen molar-refractivity contribution in [3.63, 3.8) is 0 Å². The molecule has 7 nitrogen and oxygen atoms in total. The first-order valence-electron chi connectivity index (χ1n) is 7.70. The maximum atomic E-state index is 12.2. The van der Waals surface area contributed by atoms with Gasteiger partial charge < -0.3 is 19.2 Å². The van der Waals surface area contributed by atoms with E-state index < -0.39 is 0 Å². The lowest BCUT2D eigenvalue weighted by molar-refractivity contribution is -0.121. The molecule has 1 aliphatic heterocycles. The van der Waals surface area contributed by atoms with Crippen molar-refractivity contribution in [1.29, 1.82) is 0 Å². The second-order valence-corrected chi connectivity index (χ2v) is 5.83. The van der Waals surface area contributed by atoms with Gasteiger partial charge >= 0.3 is 0 Å². The fourth-order valence-corrected chi connectivity index (χ4v) is 2.85. The van der Waals surface area contributed by atoms with Crippen molar-refractivity contribution in [2.24, 2.45) is 7.05 Å². The third-order valence-electron chi connectivity index (χ3n) is 4.03. The second-order valence-electron chi connectivity index (χ2n) is 5.83. The Morgan fingerprint density at radius 1 is 1.52 bits per heavy atom. The maximum Gasteiger partial charge on any atom is 0.293 e. The van der Waals surface area contributed by atoms with Crippen LogP contribution in [0.2, 0.25) is 0 Å². The van der Waals surface area contributed by atoms with E-state index in [4.69, 9.17) is 4.42 Å². The Balaban J connectivity index is 1.63. The first kappa shape index (κ1) is 15.3. The molecular weight excluding hydrogens is 296 g/mol. The van der Waals surface area contributed by atoms with Crippen LogP contribution in [0.4, 0.5) is 5.82 Å². The minimum Gasteiger partial charge on any atom is -0.472 e. The number of carbonyl (C=O) groups is 1. The zero-order chi connectivity index (χ0) is 16.2. The van der Waals surface area contributed by atoms with Crippen LogP contribution in [0.25, 0.3) is 0 Å². The van der Waals surface area contributed by atoms with Gasteiger partial charge in [-0.25, -0.2) is 4.98 Å². The summed E-state index contributed by atoms with van der Waals surface area (Å²) in [5, 5.41) is 3.03. The van der Waals surface area contributed by atoms with Crippen LogP contribution in [-0.4, -0.2) is 34.6 Å². The van der Waals surface area contributed by atoms with E-state index in [9.17, 15) is 9.59 Å². The van der Waals surface area contributed by atoms with Gasteiger partial charge in [-0.05, 0) is 24.5 Å². The SMILES string of the molecule is Cn1ccnc(N2CCC[C@@H](NC(=O)Cc3ccoc3)C2)c1=O. The Labute approximate surface area is 133 Å². The molecule has 1 atom stereocenters. The first-order chi connectivity index (χ1) is 11.1. The molecular formula is C16H20N4O3. The van der Waals surface area contributed by atoms with Crippen LogP contribution < -0.4 is 15.8 Å². The van der Waals surface area contributed by atoms with Crippen LogP contribution in [0, 0.1) is 0 Å². The van der Waals surface area contributed by atoms with Gasteiger partial charge in [0.25, 0.3) is 5.56 Å². The lowest BCUT2D eigenvalue weighted by Gasteiger charge is -2.33. The number of furan rings is 1. The van der Waals surface area contributed by atoms with E-state index in [-0.39, 0.29) is 17.5 Å². The van der Waals surface area contributed by atoms with E-state index in [2.05, 4.69) is 10.3 Å². The molecule has 0 unspecified atom stereocenters. The summed E-state index contributed by atoms with van der Waals surface area (Å²) in [5.74, 6) is 0.413. The maximum absolute atomic E-state index is 12.2. The van der Waals surface area contributed by atoms with Crippen LogP contribution >= 0.6 is 0 Å². The van der Waals surface area contributed by atoms with Gasteiger partial charge in [-0.15, -0.1) is 0 Å². The molecule has 0 aliphatic carbocycles. The van der Waals surface area contributed by atoms with E-state index in [1.54, 1.807) is 38.0 Å². The van der Waals surface area contributed by atoms with Crippen molar-refractivity contribution >= 4 is 11.7 Å². The van der Waals surface area contributed by atoms with Gasteiger partial charge in [-0.1, -0.05) is 0 Å². The van der Waals surface area contributed by atoms with Crippen molar-refractivity contribution in [3.05, 3.63) is 46.9 Å². The summed E-state index contributed by atoms with van der Waals surface area (Å²) in [6, 6.07) is 1.81. The first-order valence-corrected chi connectivity index (χ1v) is 7.70. The number of carbonyl (C=O) groups excluding carboxylic acids is 1. The number of piperidine rings is 1. The van der Waals surface area contributed by atoms with Crippen LogP contribution in [0.1, 0.15) is 18.4 Å². The fourth-order valence-electron chi connectivity index (χ4n) is 2.85. The summed E-state index contributed by atoms with van der Waals surface area (Å²) in [6.07, 6.45) is 8.51. The fraction of sp³-hybridized carbons (Fsp3) is 0.438. The van der Waals surface area contributed by atoms with E-state index >= 15 is 0 Å². The minimum atomic E-state index is -0.113. The number of aryl methyl sites for hydroxylation is 1.